The third kappa shape index (κ3) is 7.48. The minimum Gasteiger partial charge on any atom is -0.373 e. The molecule has 2 N–H and O–H groups in total. The Morgan fingerprint density at radius 1 is 1.12 bits per heavy atom. The second kappa shape index (κ2) is 11.7. The number of aliphatic imine (C=N–C) groups is 1. The molecule has 0 saturated carbocycles. The third-order valence-corrected chi connectivity index (χ3v) is 5.36. The molecule has 2 rings (SSSR count). The number of hydrogen-bond acceptors (Lipinski definition) is 4. The number of halogens is 1. The van der Waals surface area contributed by atoms with Crippen molar-refractivity contribution in [2.45, 2.75) is 65.3 Å². The lowest BCUT2D eigenvalue weighted by atomic mass is 10.1. The van der Waals surface area contributed by atoms with Crippen molar-refractivity contribution in [1.29, 1.82) is 0 Å². The molecule has 0 aromatic rings. The van der Waals surface area contributed by atoms with Gasteiger partial charge in [0.15, 0.2) is 5.96 Å². The highest BCUT2D eigenvalue weighted by Crippen LogP contribution is 2.18. The van der Waals surface area contributed by atoms with Crippen molar-refractivity contribution >= 4 is 29.9 Å². The van der Waals surface area contributed by atoms with E-state index >= 15 is 0 Å². The number of rotatable bonds is 6. The SMILES string of the molecule is CN=C(NCCCN1CC(C)OC(C)C1)NC1CN(C(C)C)CC1C.I. The van der Waals surface area contributed by atoms with E-state index in [9.17, 15) is 0 Å². The van der Waals surface area contributed by atoms with Crippen molar-refractivity contribution in [3.05, 3.63) is 0 Å². The number of hydrogen-bond donors (Lipinski definition) is 2. The molecule has 0 amide bonds. The molecular weight excluding hydrogens is 441 g/mol. The fourth-order valence-electron chi connectivity index (χ4n) is 3.96. The number of morpholine rings is 1. The lowest BCUT2D eigenvalue weighted by molar-refractivity contribution is -0.0679. The molecule has 4 unspecified atom stereocenters. The van der Waals surface area contributed by atoms with E-state index in [2.05, 4.69) is 60.0 Å². The predicted molar refractivity (Wildman–Crippen MR) is 121 cm³/mol. The second-order valence-corrected chi connectivity index (χ2v) is 8.15. The maximum atomic E-state index is 5.80. The van der Waals surface area contributed by atoms with Crippen LogP contribution in [0.15, 0.2) is 4.99 Å². The van der Waals surface area contributed by atoms with Crippen LogP contribution in [-0.4, -0.2) is 86.4 Å². The Hall–Kier alpha value is -0.120. The Morgan fingerprint density at radius 3 is 2.31 bits per heavy atom. The summed E-state index contributed by atoms with van der Waals surface area (Å²) < 4.78 is 5.80. The highest BCUT2D eigenvalue weighted by molar-refractivity contribution is 14.0. The standard InChI is InChI=1S/C19H39N5O.HI/c1-14(2)24-10-15(3)18(13-24)22-19(20-6)21-8-7-9-23-11-16(4)25-17(5)12-23;/h14-18H,7-13H2,1-6H3,(H2,20,21,22);1H. The molecule has 2 saturated heterocycles. The Bertz CT molecular complexity index is 424. The molecule has 4 atom stereocenters. The molecule has 0 aliphatic carbocycles. The summed E-state index contributed by atoms with van der Waals surface area (Å²) in [6.45, 7) is 17.6. The Labute approximate surface area is 177 Å². The van der Waals surface area contributed by atoms with E-state index in [0.29, 0.717) is 30.2 Å². The summed E-state index contributed by atoms with van der Waals surface area (Å²) in [5.74, 6) is 1.59. The number of ether oxygens (including phenoxy) is 1. The zero-order valence-electron chi connectivity index (χ0n) is 17.5. The van der Waals surface area contributed by atoms with Crippen molar-refractivity contribution in [1.82, 2.24) is 20.4 Å². The van der Waals surface area contributed by atoms with Crippen LogP contribution in [0.2, 0.25) is 0 Å². The monoisotopic (exact) mass is 481 g/mol. The van der Waals surface area contributed by atoms with Crippen LogP contribution in [0.4, 0.5) is 0 Å². The van der Waals surface area contributed by atoms with Gasteiger partial charge in [0.05, 0.1) is 12.2 Å². The highest BCUT2D eigenvalue weighted by Gasteiger charge is 2.31. The first-order valence-electron chi connectivity index (χ1n) is 9.98. The molecule has 2 heterocycles. The molecule has 7 heteroatoms. The minimum absolute atomic E-state index is 0. The van der Waals surface area contributed by atoms with Crippen LogP contribution in [-0.2, 0) is 4.74 Å². The molecule has 0 aromatic carbocycles. The number of nitrogens with zero attached hydrogens (tertiary/aromatic N) is 3. The van der Waals surface area contributed by atoms with Crippen LogP contribution in [0.5, 0.6) is 0 Å². The summed E-state index contributed by atoms with van der Waals surface area (Å²) in [6, 6.07) is 1.09. The number of guanidine groups is 1. The topological polar surface area (TPSA) is 52.1 Å². The predicted octanol–water partition coefficient (Wildman–Crippen LogP) is 2.00. The van der Waals surface area contributed by atoms with Gasteiger partial charge in [-0.15, -0.1) is 24.0 Å². The van der Waals surface area contributed by atoms with Gasteiger partial charge in [-0.25, -0.2) is 0 Å². The molecule has 2 aliphatic heterocycles. The zero-order valence-corrected chi connectivity index (χ0v) is 19.8. The van der Waals surface area contributed by atoms with E-state index in [1.54, 1.807) is 0 Å². The molecule has 0 aromatic heterocycles. The third-order valence-electron chi connectivity index (χ3n) is 5.36. The van der Waals surface area contributed by atoms with Crippen LogP contribution in [0, 0.1) is 5.92 Å². The van der Waals surface area contributed by atoms with Gasteiger partial charge in [0.2, 0.25) is 0 Å². The van der Waals surface area contributed by atoms with E-state index in [-0.39, 0.29) is 24.0 Å². The maximum Gasteiger partial charge on any atom is 0.191 e. The molecule has 2 fully saturated rings. The van der Waals surface area contributed by atoms with Gasteiger partial charge in [-0.1, -0.05) is 6.92 Å². The molecule has 0 radical (unpaired) electrons. The average Bonchev–Trinajstić information content (AvgIpc) is 2.90. The van der Waals surface area contributed by atoms with Gasteiger partial charge in [0, 0.05) is 58.4 Å². The van der Waals surface area contributed by atoms with Crippen LogP contribution < -0.4 is 10.6 Å². The average molecular weight is 481 g/mol. The van der Waals surface area contributed by atoms with Crippen molar-refractivity contribution < 1.29 is 4.74 Å². The van der Waals surface area contributed by atoms with E-state index in [0.717, 1.165) is 45.1 Å². The number of nitrogens with one attached hydrogen (secondary N) is 2. The van der Waals surface area contributed by atoms with Crippen LogP contribution in [0.1, 0.15) is 41.0 Å². The van der Waals surface area contributed by atoms with Gasteiger partial charge in [0.25, 0.3) is 0 Å². The van der Waals surface area contributed by atoms with Gasteiger partial charge in [-0.2, -0.15) is 0 Å². The fraction of sp³-hybridized carbons (Fsp3) is 0.947. The Kier molecular flexibility index (Phi) is 10.7. The molecule has 154 valence electrons. The second-order valence-electron chi connectivity index (χ2n) is 8.15. The lowest BCUT2D eigenvalue weighted by Crippen LogP contribution is -2.48. The first kappa shape index (κ1) is 23.9. The van der Waals surface area contributed by atoms with Crippen LogP contribution in [0.3, 0.4) is 0 Å². The highest BCUT2D eigenvalue weighted by atomic mass is 127. The van der Waals surface area contributed by atoms with Gasteiger partial charge in [-0.05, 0) is 40.0 Å². The van der Waals surface area contributed by atoms with Gasteiger partial charge < -0.3 is 15.4 Å². The van der Waals surface area contributed by atoms with E-state index in [1.807, 2.05) is 7.05 Å². The van der Waals surface area contributed by atoms with E-state index < -0.39 is 0 Å². The van der Waals surface area contributed by atoms with Crippen molar-refractivity contribution in [2.75, 3.05) is 46.3 Å². The van der Waals surface area contributed by atoms with Gasteiger partial charge >= 0.3 is 0 Å². The van der Waals surface area contributed by atoms with Crippen molar-refractivity contribution in [2.24, 2.45) is 10.9 Å². The van der Waals surface area contributed by atoms with Gasteiger partial charge in [-0.3, -0.25) is 14.8 Å². The quantitative estimate of drug-likeness (QED) is 0.263. The molecule has 26 heavy (non-hydrogen) atoms. The van der Waals surface area contributed by atoms with E-state index in [4.69, 9.17) is 4.74 Å². The summed E-state index contributed by atoms with van der Waals surface area (Å²) in [7, 11) is 1.86. The van der Waals surface area contributed by atoms with Crippen molar-refractivity contribution in [3.63, 3.8) is 0 Å². The summed E-state index contributed by atoms with van der Waals surface area (Å²) in [5, 5.41) is 7.10. The smallest absolute Gasteiger partial charge is 0.191 e. The molecular formula is C19H40IN5O. The summed E-state index contributed by atoms with van der Waals surface area (Å²) in [5.41, 5.74) is 0. The molecule has 0 bridgehead atoms. The Morgan fingerprint density at radius 2 is 1.77 bits per heavy atom. The normalized spacial score (nSPS) is 31.1. The van der Waals surface area contributed by atoms with Crippen LogP contribution >= 0.6 is 24.0 Å². The first-order chi connectivity index (χ1) is 11.9. The van der Waals surface area contributed by atoms with Crippen molar-refractivity contribution in [3.8, 4) is 0 Å². The maximum absolute atomic E-state index is 5.80. The molecule has 2 aliphatic rings. The lowest BCUT2D eigenvalue weighted by Gasteiger charge is -2.35. The largest absolute Gasteiger partial charge is 0.373 e. The molecule has 6 nitrogen and oxygen atoms in total. The summed E-state index contributed by atoms with van der Waals surface area (Å²) in [6.07, 6.45) is 1.82. The Balaban J connectivity index is 0.00000338. The number of likely N-dealkylation sites (tertiary alicyclic amines) is 1. The first-order valence-corrected chi connectivity index (χ1v) is 9.98. The summed E-state index contributed by atoms with van der Waals surface area (Å²) >= 11 is 0. The fourth-order valence-corrected chi connectivity index (χ4v) is 3.96. The van der Waals surface area contributed by atoms with E-state index in [1.165, 1.54) is 6.54 Å². The molecule has 0 spiro atoms. The zero-order chi connectivity index (χ0) is 18.4. The van der Waals surface area contributed by atoms with Crippen LogP contribution in [0.25, 0.3) is 0 Å². The summed E-state index contributed by atoms with van der Waals surface area (Å²) in [4.78, 5) is 9.45. The minimum atomic E-state index is 0. The van der Waals surface area contributed by atoms with Gasteiger partial charge in [0.1, 0.15) is 0 Å².